The molecule has 0 bridgehead atoms. The smallest absolute Gasteiger partial charge is 0.123 e. The van der Waals surface area contributed by atoms with Crippen LogP contribution >= 0.6 is 8.15 Å². The summed E-state index contributed by atoms with van der Waals surface area (Å²) in [5, 5.41) is 1.19. The minimum atomic E-state index is -0.556. The fourth-order valence-corrected chi connectivity index (χ4v) is 3.13. The van der Waals surface area contributed by atoms with Gasteiger partial charge in [0.15, 0.2) is 0 Å². The highest BCUT2D eigenvalue weighted by Gasteiger charge is 2.10. The molecule has 2 nitrogen and oxygen atoms in total. The lowest BCUT2D eigenvalue weighted by Crippen LogP contribution is -2.13. The van der Waals surface area contributed by atoms with Gasteiger partial charge in [0, 0.05) is 11.9 Å². The molecule has 2 aromatic carbocycles. The average Bonchev–Trinajstić information content (AvgIpc) is 2.57. The van der Waals surface area contributed by atoms with Gasteiger partial charge in [0.1, 0.15) is 5.82 Å². The molecule has 0 saturated carbocycles. The highest BCUT2D eigenvalue weighted by atomic mass is 31.1. The molecule has 2 aromatic rings. The molecule has 0 spiro atoms. The van der Waals surface area contributed by atoms with Crippen molar-refractivity contribution in [1.29, 1.82) is 0 Å². The van der Waals surface area contributed by atoms with Crippen LogP contribution in [0.2, 0.25) is 0 Å². The van der Waals surface area contributed by atoms with Crippen molar-refractivity contribution >= 4 is 13.5 Å². The van der Waals surface area contributed by atoms with Gasteiger partial charge < -0.3 is 10.3 Å². The molecule has 120 valence electrons. The zero-order valence-corrected chi connectivity index (χ0v) is 14.6. The molecule has 0 aliphatic rings. The molecule has 0 heterocycles. The Hall–Kier alpha value is -1.28. The van der Waals surface area contributed by atoms with E-state index in [1.807, 2.05) is 32.9 Å². The van der Waals surface area contributed by atoms with Crippen molar-refractivity contribution in [1.82, 2.24) is 0 Å². The minimum Gasteiger partial charge on any atom is -0.355 e. The molecule has 0 aliphatic carbocycles. The molecular formula is C18H25FNOP. The Balaban J connectivity index is 0.00000116. The summed E-state index contributed by atoms with van der Waals surface area (Å²) in [4.78, 5) is 0. The van der Waals surface area contributed by atoms with Crippen LogP contribution in [-0.4, -0.2) is 13.3 Å². The largest absolute Gasteiger partial charge is 0.355 e. The predicted octanol–water partition coefficient (Wildman–Crippen LogP) is 4.59. The van der Waals surface area contributed by atoms with Gasteiger partial charge in [0.25, 0.3) is 0 Å². The lowest BCUT2D eigenvalue weighted by atomic mass is 10.00. The van der Waals surface area contributed by atoms with E-state index in [1.54, 1.807) is 12.1 Å². The van der Waals surface area contributed by atoms with Gasteiger partial charge in [-0.25, -0.2) is 4.39 Å². The third-order valence-corrected chi connectivity index (χ3v) is 4.84. The van der Waals surface area contributed by atoms with E-state index < -0.39 is 8.15 Å². The molecule has 0 aromatic heterocycles. The summed E-state index contributed by atoms with van der Waals surface area (Å²) < 4.78 is 18.5. The summed E-state index contributed by atoms with van der Waals surface area (Å²) in [5.41, 5.74) is 8.12. The van der Waals surface area contributed by atoms with E-state index in [9.17, 15) is 4.39 Å². The molecule has 2 rings (SSSR count). The predicted molar refractivity (Wildman–Crippen MR) is 94.3 cm³/mol. The quantitative estimate of drug-likeness (QED) is 0.818. The summed E-state index contributed by atoms with van der Waals surface area (Å²) in [6, 6.07) is 14.2. The fourth-order valence-electron chi connectivity index (χ4n) is 2.02. The van der Waals surface area contributed by atoms with Crippen molar-refractivity contribution in [3.63, 3.8) is 0 Å². The zero-order chi connectivity index (χ0) is 16.5. The molecule has 0 saturated heterocycles. The Bertz CT molecular complexity index is 542. The Morgan fingerprint density at radius 2 is 1.45 bits per heavy atom. The molecule has 2 unspecified atom stereocenters. The number of hydrogen-bond donors (Lipinski definition) is 1. The number of benzene rings is 2. The second kappa shape index (κ2) is 9.68. The first-order valence-corrected chi connectivity index (χ1v) is 9.30. The number of nitrogens with two attached hydrogens (primary N) is 1. The second-order valence-electron chi connectivity index (χ2n) is 4.54. The number of halogens is 1. The van der Waals surface area contributed by atoms with Gasteiger partial charge in [-0.15, -0.1) is 0 Å². The minimum absolute atomic E-state index is 0.236. The third kappa shape index (κ3) is 5.17. The van der Waals surface area contributed by atoms with Gasteiger partial charge in [-0.1, -0.05) is 50.2 Å². The van der Waals surface area contributed by atoms with E-state index in [0.29, 0.717) is 0 Å². The molecule has 2 atom stereocenters. The molecule has 0 radical (unpaired) electrons. The maximum Gasteiger partial charge on any atom is 0.123 e. The summed E-state index contributed by atoms with van der Waals surface area (Å²) >= 11 is 0. The van der Waals surface area contributed by atoms with Crippen LogP contribution in [0.25, 0.3) is 0 Å². The van der Waals surface area contributed by atoms with E-state index >= 15 is 0 Å². The Morgan fingerprint density at radius 1 is 1.00 bits per heavy atom. The van der Waals surface area contributed by atoms with E-state index in [4.69, 9.17) is 10.3 Å². The Kier molecular flexibility index (Phi) is 8.26. The van der Waals surface area contributed by atoms with Crippen LogP contribution in [-0.2, 0) is 4.52 Å². The van der Waals surface area contributed by atoms with Gasteiger partial charge in [-0.05, 0) is 36.8 Å². The van der Waals surface area contributed by atoms with Gasteiger partial charge in [0.2, 0.25) is 0 Å². The normalized spacial score (nSPS) is 13.0. The van der Waals surface area contributed by atoms with Crippen LogP contribution in [0.5, 0.6) is 0 Å². The van der Waals surface area contributed by atoms with Gasteiger partial charge in [-0.3, -0.25) is 0 Å². The zero-order valence-electron chi connectivity index (χ0n) is 13.7. The molecule has 0 fully saturated rings. The first-order valence-electron chi connectivity index (χ1n) is 7.59. The molecule has 0 aliphatic heterocycles. The average molecular weight is 321 g/mol. The molecule has 4 heteroatoms. The highest BCUT2D eigenvalue weighted by molar-refractivity contribution is 7.60. The fraction of sp³-hybridized carbons (Fsp3) is 0.333. The lowest BCUT2D eigenvalue weighted by molar-refractivity contribution is 0.386. The van der Waals surface area contributed by atoms with Crippen LogP contribution in [0.4, 0.5) is 4.39 Å². The second-order valence-corrected chi connectivity index (χ2v) is 6.31. The monoisotopic (exact) mass is 321 g/mol. The van der Waals surface area contributed by atoms with Gasteiger partial charge in [-0.2, -0.15) is 0 Å². The summed E-state index contributed by atoms with van der Waals surface area (Å²) in [7, 11) is -0.556. The standard InChI is InChI=1S/C16H19FNOP.C2H6/c1-3-19-20(2)15-10-6-13(7-11-15)16(18)12-4-8-14(17)9-5-12;1-2/h4-11,16H,3,18H2,1-2H3;1-2H3. The van der Waals surface area contributed by atoms with Gasteiger partial charge >= 0.3 is 0 Å². The van der Waals surface area contributed by atoms with Crippen LogP contribution in [0.3, 0.4) is 0 Å². The first kappa shape index (κ1) is 18.8. The summed E-state index contributed by atoms with van der Waals surface area (Å²) in [5.74, 6) is -0.246. The van der Waals surface area contributed by atoms with Crippen molar-refractivity contribution in [3.8, 4) is 0 Å². The summed E-state index contributed by atoms with van der Waals surface area (Å²) in [6.07, 6.45) is 0. The molecule has 0 amide bonds. The van der Waals surface area contributed by atoms with Crippen molar-refractivity contribution in [2.75, 3.05) is 13.3 Å². The van der Waals surface area contributed by atoms with E-state index in [1.165, 1.54) is 17.4 Å². The van der Waals surface area contributed by atoms with Crippen LogP contribution in [0.1, 0.15) is 37.9 Å². The third-order valence-electron chi connectivity index (χ3n) is 3.17. The van der Waals surface area contributed by atoms with Crippen molar-refractivity contribution < 1.29 is 8.91 Å². The molecule has 2 N–H and O–H groups in total. The summed E-state index contributed by atoms with van der Waals surface area (Å²) in [6.45, 7) is 8.81. The van der Waals surface area contributed by atoms with Crippen molar-refractivity contribution in [2.24, 2.45) is 5.73 Å². The first-order chi connectivity index (χ1) is 10.6. The van der Waals surface area contributed by atoms with E-state index in [0.717, 1.165) is 17.7 Å². The number of hydrogen-bond acceptors (Lipinski definition) is 2. The van der Waals surface area contributed by atoms with Crippen molar-refractivity contribution in [3.05, 3.63) is 65.5 Å². The Labute approximate surface area is 134 Å². The van der Waals surface area contributed by atoms with Crippen LogP contribution < -0.4 is 11.0 Å². The van der Waals surface area contributed by atoms with E-state index in [2.05, 4.69) is 18.8 Å². The maximum atomic E-state index is 12.9. The van der Waals surface area contributed by atoms with Crippen molar-refractivity contribution in [2.45, 2.75) is 26.8 Å². The maximum absolute atomic E-state index is 12.9. The van der Waals surface area contributed by atoms with Crippen LogP contribution in [0, 0.1) is 5.82 Å². The Morgan fingerprint density at radius 3 is 1.91 bits per heavy atom. The van der Waals surface area contributed by atoms with Crippen LogP contribution in [0.15, 0.2) is 48.5 Å². The van der Waals surface area contributed by atoms with Gasteiger partial charge in [0.05, 0.1) is 14.2 Å². The topological polar surface area (TPSA) is 35.2 Å². The highest BCUT2D eigenvalue weighted by Crippen LogP contribution is 2.31. The molecule has 22 heavy (non-hydrogen) atoms. The SMILES string of the molecule is CC.CCOP(C)c1ccc(C(N)c2ccc(F)cc2)cc1. The number of rotatable bonds is 5. The van der Waals surface area contributed by atoms with E-state index in [-0.39, 0.29) is 11.9 Å². The lowest BCUT2D eigenvalue weighted by Gasteiger charge is -2.15. The molecular weight excluding hydrogens is 296 g/mol.